The van der Waals surface area contributed by atoms with Crippen LogP contribution in [-0.2, 0) is 17.6 Å². The fourth-order valence-corrected chi connectivity index (χ4v) is 2.78. The van der Waals surface area contributed by atoms with Crippen molar-refractivity contribution in [1.29, 1.82) is 0 Å². The SMILES string of the molecule is CCc1nc(NC(=O)Cc2ccc(C)cc2)sc1C. The molecule has 0 bridgehead atoms. The highest BCUT2D eigenvalue weighted by Gasteiger charge is 2.09. The van der Waals surface area contributed by atoms with E-state index >= 15 is 0 Å². The number of carbonyl (C=O) groups is 1. The summed E-state index contributed by atoms with van der Waals surface area (Å²) in [5, 5.41) is 3.57. The van der Waals surface area contributed by atoms with Gasteiger partial charge in [-0.15, -0.1) is 11.3 Å². The minimum absolute atomic E-state index is 0.0137. The first kappa shape index (κ1) is 13.7. The maximum atomic E-state index is 11.9. The Morgan fingerprint density at radius 3 is 2.53 bits per heavy atom. The van der Waals surface area contributed by atoms with Crippen molar-refractivity contribution in [3.05, 3.63) is 46.0 Å². The summed E-state index contributed by atoms with van der Waals surface area (Å²) in [6, 6.07) is 8.01. The van der Waals surface area contributed by atoms with Crippen molar-refractivity contribution in [2.45, 2.75) is 33.6 Å². The van der Waals surface area contributed by atoms with Crippen LogP contribution in [0, 0.1) is 13.8 Å². The number of benzene rings is 1. The molecular weight excluding hydrogens is 256 g/mol. The summed E-state index contributed by atoms with van der Waals surface area (Å²) in [6.45, 7) is 6.14. The normalized spacial score (nSPS) is 10.5. The molecule has 0 aliphatic rings. The number of anilines is 1. The number of rotatable bonds is 4. The zero-order valence-electron chi connectivity index (χ0n) is 11.5. The second kappa shape index (κ2) is 5.97. The number of amides is 1. The number of nitrogens with one attached hydrogen (secondary N) is 1. The Morgan fingerprint density at radius 1 is 1.26 bits per heavy atom. The van der Waals surface area contributed by atoms with Crippen molar-refractivity contribution in [1.82, 2.24) is 4.98 Å². The minimum Gasteiger partial charge on any atom is -0.302 e. The molecule has 0 spiro atoms. The first-order valence-corrected chi connectivity index (χ1v) is 7.22. The molecule has 0 saturated carbocycles. The van der Waals surface area contributed by atoms with Crippen LogP contribution >= 0.6 is 11.3 Å². The van der Waals surface area contributed by atoms with Gasteiger partial charge in [-0.1, -0.05) is 36.8 Å². The van der Waals surface area contributed by atoms with Gasteiger partial charge in [0.05, 0.1) is 12.1 Å². The van der Waals surface area contributed by atoms with Crippen molar-refractivity contribution >= 4 is 22.4 Å². The van der Waals surface area contributed by atoms with Gasteiger partial charge in [0, 0.05) is 4.88 Å². The minimum atomic E-state index is -0.0137. The largest absolute Gasteiger partial charge is 0.302 e. The van der Waals surface area contributed by atoms with Crippen LogP contribution in [0.5, 0.6) is 0 Å². The third kappa shape index (κ3) is 3.64. The van der Waals surface area contributed by atoms with E-state index in [0.29, 0.717) is 11.6 Å². The predicted octanol–water partition coefficient (Wildman–Crippen LogP) is 3.50. The molecule has 1 N–H and O–H groups in total. The van der Waals surface area contributed by atoms with E-state index in [1.807, 2.05) is 38.1 Å². The predicted molar refractivity (Wildman–Crippen MR) is 79.7 cm³/mol. The van der Waals surface area contributed by atoms with Crippen molar-refractivity contribution in [2.24, 2.45) is 0 Å². The van der Waals surface area contributed by atoms with Gasteiger partial charge in [-0.2, -0.15) is 0 Å². The Bertz CT molecular complexity index is 572. The van der Waals surface area contributed by atoms with Crippen molar-refractivity contribution < 1.29 is 4.79 Å². The molecule has 1 aromatic carbocycles. The highest BCUT2D eigenvalue weighted by molar-refractivity contribution is 7.15. The molecule has 0 aliphatic carbocycles. The quantitative estimate of drug-likeness (QED) is 0.927. The molecule has 0 aliphatic heterocycles. The van der Waals surface area contributed by atoms with Crippen LogP contribution in [0.15, 0.2) is 24.3 Å². The summed E-state index contributed by atoms with van der Waals surface area (Å²) in [7, 11) is 0. The molecule has 1 aromatic heterocycles. The Morgan fingerprint density at radius 2 is 1.95 bits per heavy atom. The zero-order chi connectivity index (χ0) is 13.8. The van der Waals surface area contributed by atoms with E-state index in [1.165, 1.54) is 21.8 Å². The number of hydrogen-bond acceptors (Lipinski definition) is 3. The summed E-state index contributed by atoms with van der Waals surface area (Å²) in [6.07, 6.45) is 1.29. The number of aryl methyl sites for hydroxylation is 3. The molecular formula is C15H18N2OS. The smallest absolute Gasteiger partial charge is 0.230 e. The molecule has 0 unspecified atom stereocenters. The molecule has 0 fully saturated rings. The van der Waals surface area contributed by atoms with Gasteiger partial charge < -0.3 is 5.32 Å². The second-order valence-electron chi connectivity index (χ2n) is 4.59. The van der Waals surface area contributed by atoms with Crippen LogP contribution < -0.4 is 5.32 Å². The summed E-state index contributed by atoms with van der Waals surface area (Å²) >= 11 is 1.54. The Balaban J connectivity index is 1.99. The third-order valence-electron chi connectivity index (χ3n) is 2.96. The summed E-state index contributed by atoms with van der Waals surface area (Å²) in [5.74, 6) is -0.0137. The van der Waals surface area contributed by atoms with Crippen LogP contribution in [0.25, 0.3) is 0 Å². The molecule has 1 amide bonds. The van der Waals surface area contributed by atoms with Gasteiger partial charge in [-0.05, 0) is 25.8 Å². The number of nitrogens with zero attached hydrogens (tertiary/aromatic N) is 1. The fraction of sp³-hybridized carbons (Fsp3) is 0.333. The van der Waals surface area contributed by atoms with Gasteiger partial charge >= 0.3 is 0 Å². The Labute approximate surface area is 117 Å². The van der Waals surface area contributed by atoms with Crippen LogP contribution in [-0.4, -0.2) is 10.9 Å². The van der Waals surface area contributed by atoms with Crippen LogP contribution in [0.4, 0.5) is 5.13 Å². The summed E-state index contributed by atoms with van der Waals surface area (Å²) in [4.78, 5) is 17.5. The summed E-state index contributed by atoms with van der Waals surface area (Å²) in [5.41, 5.74) is 3.29. The third-order valence-corrected chi connectivity index (χ3v) is 3.89. The van der Waals surface area contributed by atoms with Gasteiger partial charge in [-0.25, -0.2) is 4.98 Å². The van der Waals surface area contributed by atoms with E-state index in [2.05, 4.69) is 17.2 Å². The molecule has 4 heteroatoms. The van der Waals surface area contributed by atoms with Crippen LogP contribution in [0.1, 0.15) is 28.6 Å². The Kier molecular flexibility index (Phi) is 4.32. The monoisotopic (exact) mass is 274 g/mol. The van der Waals surface area contributed by atoms with E-state index in [9.17, 15) is 4.79 Å². The standard InChI is InChI=1S/C15H18N2OS/c1-4-13-11(3)19-15(16-13)17-14(18)9-12-7-5-10(2)6-8-12/h5-8H,4,9H2,1-3H3,(H,16,17,18). The first-order chi connectivity index (χ1) is 9.08. The molecule has 19 heavy (non-hydrogen) atoms. The lowest BCUT2D eigenvalue weighted by Gasteiger charge is -2.02. The van der Waals surface area contributed by atoms with Gasteiger partial charge in [0.25, 0.3) is 0 Å². The van der Waals surface area contributed by atoms with E-state index in [0.717, 1.165) is 17.7 Å². The van der Waals surface area contributed by atoms with E-state index < -0.39 is 0 Å². The second-order valence-corrected chi connectivity index (χ2v) is 5.79. The van der Waals surface area contributed by atoms with Crippen LogP contribution in [0.2, 0.25) is 0 Å². The first-order valence-electron chi connectivity index (χ1n) is 6.40. The molecule has 0 radical (unpaired) electrons. The molecule has 2 aromatic rings. The number of thiazole rings is 1. The number of hydrogen-bond donors (Lipinski definition) is 1. The highest BCUT2D eigenvalue weighted by atomic mass is 32.1. The number of aromatic nitrogens is 1. The van der Waals surface area contributed by atoms with E-state index in [-0.39, 0.29) is 5.91 Å². The van der Waals surface area contributed by atoms with Gasteiger partial charge in [0.2, 0.25) is 5.91 Å². The van der Waals surface area contributed by atoms with Gasteiger partial charge in [-0.3, -0.25) is 4.79 Å². The lowest BCUT2D eigenvalue weighted by molar-refractivity contribution is -0.115. The van der Waals surface area contributed by atoms with Crippen LogP contribution in [0.3, 0.4) is 0 Å². The summed E-state index contributed by atoms with van der Waals surface area (Å²) < 4.78 is 0. The average Bonchev–Trinajstić information content (AvgIpc) is 2.72. The average molecular weight is 274 g/mol. The van der Waals surface area contributed by atoms with Crippen molar-refractivity contribution in [3.63, 3.8) is 0 Å². The lowest BCUT2D eigenvalue weighted by Crippen LogP contribution is -2.14. The van der Waals surface area contributed by atoms with E-state index in [4.69, 9.17) is 0 Å². The molecule has 0 atom stereocenters. The van der Waals surface area contributed by atoms with Crippen molar-refractivity contribution in [3.8, 4) is 0 Å². The molecule has 0 saturated heterocycles. The number of carbonyl (C=O) groups excluding carboxylic acids is 1. The molecule has 1 heterocycles. The van der Waals surface area contributed by atoms with Gasteiger partial charge in [0.15, 0.2) is 5.13 Å². The maximum absolute atomic E-state index is 11.9. The molecule has 100 valence electrons. The van der Waals surface area contributed by atoms with E-state index in [1.54, 1.807) is 0 Å². The fourth-order valence-electron chi connectivity index (χ4n) is 1.86. The maximum Gasteiger partial charge on any atom is 0.230 e. The topological polar surface area (TPSA) is 42.0 Å². The Hall–Kier alpha value is -1.68. The highest BCUT2D eigenvalue weighted by Crippen LogP contribution is 2.22. The zero-order valence-corrected chi connectivity index (χ0v) is 12.3. The molecule has 3 nitrogen and oxygen atoms in total. The molecule has 2 rings (SSSR count). The van der Waals surface area contributed by atoms with Crippen molar-refractivity contribution in [2.75, 3.05) is 5.32 Å². The lowest BCUT2D eigenvalue weighted by atomic mass is 10.1. The van der Waals surface area contributed by atoms with Gasteiger partial charge in [0.1, 0.15) is 0 Å².